The lowest BCUT2D eigenvalue weighted by Crippen LogP contribution is -2.59. The molecule has 0 aromatic carbocycles. The monoisotopic (exact) mass is 295 g/mol. The first-order chi connectivity index (χ1) is 9.99. The fraction of sp³-hybridized carbons (Fsp3) is 1.00. The highest BCUT2D eigenvalue weighted by Crippen LogP contribution is 2.42. The Morgan fingerprint density at radius 3 is 2.05 bits per heavy atom. The predicted molar refractivity (Wildman–Crippen MR) is 91.5 cm³/mol. The molecule has 0 spiro atoms. The Morgan fingerprint density at radius 2 is 1.62 bits per heavy atom. The number of hydrogen-bond donors (Lipinski definition) is 1. The van der Waals surface area contributed by atoms with Crippen LogP contribution in [0.2, 0.25) is 0 Å². The van der Waals surface area contributed by atoms with E-state index in [4.69, 9.17) is 5.73 Å². The molecule has 2 fully saturated rings. The summed E-state index contributed by atoms with van der Waals surface area (Å²) >= 11 is 0. The second-order valence-corrected chi connectivity index (χ2v) is 8.00. The van der Waals surface area contributed by atoms with Crippen LogP contribution in [-0.2, 0) is 0 Å². The third-order valence-electron chi connectivity index (χ3n) is 6.40. The lowest BCUT2D eigenvalue weighted by Gasteiger charge is -2.48. The number of rotatable bonds is 6. The minimum Gasteiger partial charge on any atom is -0.329 e. The zero-order valence-electron chi connectivity index (χ0n) is 14.8. The van der Waals surface area contributed by atoms with Gasteiger partial charge in [-0.2, -0.15) is 0 Å². The quantitative estimate of drug-likeness (QED) is 0.818. The zero-order chi connectivity index (χ0) is 15.5. The first-order valence-electron chi connectivity index (χ1n) is 9.17. The van der Waals surface area contributed by atoms with E-state index in [0.717, 1.165) is 12.5 Å². The fourth-order valence-corrected chi connectivity index (χ4v) is 4.48. The van der Waals surface area contributed by atoms with E-state index in [0.29, 0.717) is 11.0 Å². The van der Waals surface area contributed by atoms with E-state index >= 15 is 0 Å². The maximum Gasteiger partial charge on any atom is 0.0356 e. The Hall–Kier alpha value is -0.120. The molecule has 0 atom stereocenters. The van der Waals surface area contributed by atoms with Crippen LogP contribution in [0, 0.1) is 11.3 Å². The van der Waals surface area contributed by atoms with Crippen LogP contribution in [0.3, 0.4) is 0 Å². The standard InChI is InChI=1S/C18H37N3/c1-5-17(6-2)7-12-21(15-17)18(14-19)8-10-20(11-9-18)13-16(3)4/h16H,5-15,19H2,1-4H3. The smallest absolute Gasteiger partial charge is 0.0356 e. The molecule has 2 heterocycles. The molecule has 2 aliphatic heterocycles. The van der Waals surface area contributed by atoms with Crippen molar-refractivity contribution in [1.82, 2.24) is 9.80 Å². The molecule has 21 heavy (non-hydrogen) atoms. The average molecular weight is 296 g/mol. The van der Waals surface area contributed by atoms with Gasteiger partial charge in [0, 0.05) is 25.2 Å². The van der Waals surface area contributed by atoms with Gasteiger partial charge in [-0.05, 0) is 63.1 Å². The molecule has 2 rings (SSSR count). The Balaban J connectivity index is 1.98. The van der Waals surface area contributed by atoms with Crippen molar-refractivity contribution in [3.63, 3.8) is 0 Å². The summed E-state index contributed by atoms with van der Waals surface area (Å²) in [6.45, 7) is 16.5. The van der Waals surface area contributed by atoms with Gasteiger partial charge in [0.1, 0.15) is 0 Å². The molecular weight excluding hydrogens is 258 g/mol. The summed E-state index contributed by atoms with van der Waals surface area (Å²) in [6, 6.07) is 0. The van der Waals surface area contributed by atoms with Crippen molar-refractivity contribution in [2.75, 3.05) is 39.3 Å². The largest absolute Gasteiger partial charge is 0.329 e. The van der Waals surface area contributed by atoms with Crippen LogP contribution in [0.15, 0.2) is 0 Å². The van der Waals surface area contributed by atoms with Gasteiger partial charge in [-0.3, -0.25) is 4.90 Å². The van der Waals surface area contributed by atoms with Crippen molar-refractivity contribution in [1.29, 1.82) is 0 Å². The molecule has 0 bridgehead atoms. The van der Waals surface area contributed by atoms with Gasteiger partial charge in [-0.15, -0.1) is 0 Å². The lowest BCUT2D eigenvalue weighted by atomic mass is 9.81. The highest BCUT2D eigenvalue weighted by Gasteiger charge is 2.45. The van der Waals surface area contributed by atoms with Gasteiger partial charge >= 0.3 is 0 Å². The topological polar surface area (TPSA) is 32.5 Å². The van der Waals surface area contributed by atoms with Crippen molar-refractivity contribution in [2.45, 2.75) is 65.3 Å². The van der Waals surface area contributed by atoms with Crippen molar-refractivity contribution in [3.05, 3.63) is 0 Å². The Labute approximate surface area is 132 Å². The molecule has 124 valence electrons. The van der Waals surface area contributed by atoms with Gasteiger partial charge in [-0.25, -0.2) is 0 Å². The van der Waals surface area contributed by atoms with E-state index in [1.54, 1.807) is 0 Å². The summed E-state index contributed by atoms with van der Waals surface area (Å²) in [5, 5.41) is 0. The maximum absolute atomic E-state index is 6.28. The van der Waals surface area contributed by atoms with Crippen molar-refractivity contribution < 1.29 is 0 Å². The number of hydrogen-bond acceptors (Lipinski definition) is 3. The molecule has 2 N–H and O–H groups in total. The molecule has 3 heteroatoms. The van der Waals surface area contributed by atoms with E-state index < -0.39 is 0 Å². The number of piperidine rings is 1. The summed E-state index contributed by atoms with van der Waals surface area (Å²) in [7, 11) is 0. The molecule has 0 aliphatic carbocycles. The lowest BCUT2D eigenvalue weighted by molar-refractivity contribution is 0.0308. The summed E-state index contributed by atoms with van der Waals surface area (Å²) in [5.41, 5.74) is 7.13. The summed E-state index contributed by atoms with van der Waals surface area (Å²) in [6.07, 6.45) is 6.54. The third kappa shape index (κ3) is 3.62. The normalized spacial score (nSPS) is 26.6. The van der Waals surface area contributed by atoms with Gasteiger partial charge in [-0.1, -0.05) is 27.7 Å². The molecule has 0 radical (unpaired) electrons. The molecule has 2 saturated heterocycles. The van der Waals surface area contributed by atoms with Gasteiger partial charge in [0.15, 0.2) is 0 Å². The van der Waals surface area contributed by atoms with Crippen molar-refractivity contribution in [3.8, 4) is 0 Å². The number of nitrogens with two attached hydrogens (primary N) is 1. The van der Waals surface area contributed by atoms with Gasteiger partial charge in [0.2, 0.25) is 0 Å². The Kier molecular flexibility index (Phi) is 5.72. The summed E-state index contributed by atoms with van der Waals surface area (Å²) in [5.74, 6) is 0.773. The van der Waals surface area contributed by atoms with E-state index in [2.05, 4.69) is 37.5 Å². The minimum atomic E-state index is 0.291. The van der Waals surface area contributed by atoms with Gasteiger partial charge in [0.25, 0.3) is 0 Å². The van der Waals surface area contributed by atoms with Crippen LogP contribution in [0.1, 0.15) is 59.8 Å². The SMILES string of the molecule is CCC1(CC)CCN(C2(CN)CCN(CC(C)C)CC2)C1. The first kappa shape index (κ1) is 17.2. The van der Waals surface area contributed by atoms with E-state index in [1.165, 1.54) is 64.8 Å². The second kappa shape index (κ2) is 6.97. The summed E-state index contributed by atoms with van der Waals surface area (Å²) in [4.78, 5) is 5.41. The zero-order valence-corrected chi connectivity index (χ0v) is 14.8. The van der Waals surface area contributed by atoms with Crippen LogP contribution in [-0.4, -0.2) is 54.6 Å². The van der Waals surface area contributed by atoms with Crippen LogP contribution in [0.4, 0.5) is 0 Å². The second-order valence-electron chi connectivity index (χ2n) is 8.00. The molecular formula is C18H37N3. The van der Waals surface area contributed by atoms with E-state index in [1.807, 2.05) is 0 Å². The molecule has 0 amide bonds. The van der Waals surface area contributed by atoms with Crippen LogP contribution < -0.4 is 5.73 Å². The Morgan fingerprint density at radius 1 is 1.00 bits per heavy atom. The molecule has 0 unspecified atom stereocenters. The summed E-state index contributed by atoms with van der Waals surface area (Å²) < 4.78 is 0. The molecule has 0 aromatic heterocycles. The number of likely N-dealkylation sites (tertiary alicyclic amines) is 2. The highest BCUT2D eigenvalue weighted by atomic mass is 15.3. The molecule has 0 saturated carbocycles. The minimum absolute atomic E-state index is 0.291. The van der Waals surface area contributed by atoms with Gasteiger partial charge < -0.3 is 10.6 Å². The van der Waals surface area contributed by atoms with E-state index in [-0.39, 0.29) is 0 Å². The fourth-order valence-electron chi connectivity index (χ4n) is 4.48. The number of nitrogens with zero attached hydrogens (tertiary/aromatic N) is 2. The highest BCUT2D eigenvalue weighted by molar-refractivity contribution is 5.02. The first-order valence-corrected chi connectivity index (χ1v) is 9.17. The predicted octanol–water partition coefficient (Wildman–Crippen LogP) is 2.95. The Bertz CT molecular complexity index is 314. The molecule has 2 aliphatic rings. The molecule has 3 nitrogen and oxygen atoms in total. The van der Waals surface area contributed by atoms with Gasteiger partial charge in [0.05, 0.1) is 0 Å². The van der Waals surface area contributed by atoms with E-state index in [9.17, 15) is 0 Å². The van der Waals surface area contributed by atoms with Crippen LogP contribution >= 0.6 is 0 Å². The maximum atomic E-state index is 6.28. The molecule has 0 aromatic rings. The van der Waals surface area contributed by atoms with Crippen LogP contribution in [0.5, 0.6) is 0 Å². The van der Waals surface area contributed by atoms with Crippen molar-refractivity contribution in [2.24, 2.45) is 17.1 Å². The van der Waals surface area contributed by atoms with Crippen LogP contribution in [0.25, 0.3) is 0 Å². The van der Waals surface area contributed by atoms with Crippen molar-refractivity contribution >= 4 is 0 Å². The third-order valence-corrected chi connectivity index (χ3v) is 6.40. The average Bonchev–Trinajstić information content (AvgIpc) is 2.93.